The van der Waals surface area contributed by atoms with Crippen molar-refractivity contribution < 1.29 is 4.79 Å². The second-order valence-corrected chi connectivity index (χ2v) is 7.93. The van der Waals surface area contributed by atoms with Crippen molar-refractivity contribution in [2.75, 3.05) is 28.6 Å². The zero-order valence-electron chi connectivity index (χ0n) is 16.2. The van der Waals surface area contributed by atoms with Gasteiger partial charge in [-0.25, -0.2) is 9.97 Å². The third-order valence-electron chi connectivity index (χ3n) is 4.78. The Bertz CT molecular complexity index is 999. The van der Waals surface area contributed by atoms with Gasteiger partial charge in [-0.1, -0.05) is 15.9 Å². The summed E-state index contributed by atoms with van der Waals surface area (Å²) in [6.07, 6.45) is 2.42. The van der Waals surface area contributed by atoms with E-state index in [1.54, 1.807) is 12.1 Å². The summed E-state index contributed by atoms with van der Waals surface area (Å²) in [7, 11) is 0. The number of benzene rings is 2. The molecule has 0 atom stereocenters. The third-order valence-corrected chi connectivity index (χ3v) is 5.30. The fourth-order valence-corrected chi connectivity index (χ4v) is 3.58. The molecular formula is C22H22BrN5O. The van der Waals surface area contributed by atoms with Crippen LogP contribution in [0.2, 0.25) is 0 Å². The first-order chi connectivity index (χ1) is 14.1. The van der Waals surface area contributed by atoms with Crippen molar-refractivity contribution in [3.63, 3.8) is 0 Å². The molecule has 7 heteroatoms. The highest BCUT2D eigenvalue weighted by Gasteiger charge is 2.15. The summed E-state index contributed by atoms with van der Waals surface area (Å²) in [6.45, 7) is 4.00. The molecule has 148 valence electrons. The van der Waals surface area contributed by atoms with Gasteiger partial charge in [-0.2, -0.15) is 0 Å². The van der Waals surface area contributed by atoms with E-state index in [0.29, 0.717) is 5.56 Å². The smallest absolute Gasteiger partial charge is 0.255 e. The lowest BCUT2D eigenvalue weighted by Gasteiger charge is -2.18. The minimum absolute atomic E-state index is 0.139. The maximum absolute atomic E-state index is 12.3. The molecule has 1 saturated heterocycles. The summed E-state index contributed by atoms with van der Waals surface area (Å²) in [4.78, 5) is 23.7. The second kappa shape index (κ2) is 8.61. The molecule has 1 fully saturated rings. The molecule has 4 rings (SSSR count). The van der Waals surface area contributed by atoms with Crippen LogP contribution < -0.4 is 15.5 Å². The molecule has 0 radical (unpaired) electrons. The van der Waals surface area contributed by atoms with Crippen molar-refractivity contribution in [2.24, 2.45) is 0 Å². The summed E-state index contributed by atoms with van der Waals surface area (Å²) in [5.74, 6) is 2.34. The normalized spacial score (nSPS) is 13.4. The van der Waals surface area contributed by atoms with Gasteiger partial charge in [0.2, 0.25) is 0 Å². The molecule has 2 N–H and O–H groups in total. The Labute approximate surface area is 178 Å². The maximum Gasteiger partial charge on any atom is 0.255 e. The van der Waals surface area contributed by atoms with E-state index in [0.717, 1.165) is 46.4 Å². The van der Waals surface area contributed by atoms with E-state index in [1.165, 1.54) is 12.8 Å². The zero-order valence-corrected chi connectivity index (χ0v) is 17.7. The van der Waals surface area contributed by atoms with Gasteiger partial charge >= 0.3 is 0 Å². The molecule has 0 bridgehead atoms. The lowest BCUT2D eigenvalue weighted by molar-refractivity contribution is 0.102. The second-order valence-electron chi connectivity index (χ2n) is 7.02. The molecule has 1 aliphatic heterocycles. The van der Waals surface area contributed by atoms with Gasteiger partial charge in [0.15, 0.2) is 0 Å². The first-order valence-corrected chi connectivity index (χ1v) is 10.4. The van der Waals surface area contributed by atoms with Gasteiger partial charge < -0.3 is 15.5 Å². The summed E-state index contributed by atoms with van der Waals surface area (Å²) < 4.78 is 0.942. The highest BCUT2D eigenvalue weighted by Crippen LogP contribution is 2.24. The molecule has 1 aromatic heterocycles. The fraction of sp³-hybridized carbons (Fsp3) is 0.227. The van der Waals surface area contributed by atoms with Gasteiger partial charge in [0.1, 0.15) is 17.5 Å². The van der Waals surface area contributed by atoms with Crippen LogP contribution in [0.3, 0.4) is 0 Å². The van der Waals surface area contributed by atoms with E-state index < -0.39 is 0 Å². The number of halogens is 1. The molecule has 0 saturated carbocycles. The van der Waals surface area contributed by atoms with Gasteiger partial charge in [0.05, 0.1) is 0 Å². The Morgan fingerprint density at radius 2 is 1.62 bits per heavy atom. The number of anilines is 4. The van der Waals surface area contributed by atoms with E-state index >= 15 is 0 Å². The van der Waals surface area contributed by atoms with Crippen LogP contribution in [0.1, 0.15) is 29.0 Å². The Balaban J connectivity index is 1.43. The molecule has 0 spiro atoms. The molecule has 2 aromatic carbocycles. The summed E-state index contributed by atoms with van der Waals surface area (Å²) in [5, 5.41) is 6.24. The van der Waals surface area contributed by atoms with Crippen molar-refractivity contribution in [1.82, 2.24) is 9.97 Å². The predicted molar refractivity (Wildman–Crippen MR) is 120 cm³/mol. The predicted octanol–water partition coefficient (Wildman–Crippen LogP) is 5.14. The number of aromatic nitrogens is 2. The van der Waals surface area contributed by atoms with Crippen LogP contribution in [0.25, 0.3) is 0 Å². The van der Waals surface area contributed by atoms with Crippen LogP contribution in [-0.2, 0) is 0 Å². The number of nitrogens with one attached hydrogen (secondary N) is 2. The monoisotopic (exact) mass is 451 g/mol. The maximum atomic E-state index is 12.3. The Morgan fingerprint density at radius 1 is 0.966 bits per heavy atom. The van der Waals surface area contributed by atoms with Gasteiger partial charge in [0, 0.05) is 40.6 Å². The molecule has 0 unspecified atom stereocenters. The number of amides is 1. The molecule has 29 heavy (non-hydrogen) atoms. The standard InChI is InChI=1S/C22H22BrN5O/c1-15-24-20(14-21(25-15)28-12-2-3-13-28)26-18-8-10-19(11-9-18)27-22(29)16-4-6-17(23)7-5-16/h4-11,14H,2-3,12-13H2,1H3,(H,27,29)(H,24,25,26). The number of hydrogen-bond acceptors (Lipinski definition) is 5. The summed E-state index contributed by atoms with van der Waals surface area (Å²) in [5.41, 5.74) is 2.25. The molecule has 6 nitrogen and oxygen atoms in total. The zero-order chi connectivity index (χ0) is 20.2. The third kappa shape index (κ3) is 4.92. The lowest BCUT2D eigenvalue weighted by Crippen LogP contribution is -2.19. The molecular weight excluding hydrogens is 430 g/mol. The molecule has 0 aliphatic carbocycles. The van der Waals surface area contributed by atoms with Crippen LogP contribution in [0.5, 0.6) is 0 Å². The minimum Gasteiger partial charge on any atom is -0.356 e. The molecule has 2 heterocycles. The average Bonchev–Trinajstić information content (AvgIpc) is 3.24. The largest absolute Gasteiger partial charge is 0.356 e. The van der Waals surface area contributed by atoms with E-state index in [9.17, 15) is 4.79 Å². The quantitative estimate of drug-likeness (QED) is 0.561. The van der Waals surface area contributed by atoms with Crippen LogP contribution in [0, 0.1) is 6.92 Å². The molecule has 3 aromatic rings. The Morgan fingerprint density at radius 3 is 2.31 bits per heavy atom. The van der Waals surface area contributed by atoms with E-state index in [2.05, 4.69) is 41.4 Å². The minimum atomic E-state index is -0.139. The summed E-state index contributed by atoms with van der Waals surface area (Å²) in [6, 6.07) is 16.8. The summed E-state index contributed by atoms with van der Waals surface area (Å²) >= 11 is 3.37. The SMILES string of the molecule is Cc1nc(Nc2ccc(NC(=O)c3ccc(Br)cc3)cc2)cc(N2CCCC2)n1. The van der Waals surface area contributed by atoms with Gasteiger partial charge in [-0.15, -0.1) is 0 Å². The Kier molecular flexibility index (Phi) is 5.76. The Hall–Kier alpha value is -2.93. The first kappa shape index (κ1) is 19.4. The van der Waals surface area contributed by atoms with Gasteiger partial charge in [-0.3, -0.25) is 4.79 Å². The first-order valence-electron chi connectivity index (χ1n) is 9.61. The van der Waals surface area contributed by atoms with Crippen molar-refractivity contribution in [2.45, 2.75) is 19.8 Å². The number of hydrogen-bond donors (Lipinski definition) is 2. The van der Waals surface area contributed by atoms with Crippen LogP contribution >= 0.6 is 15.9 Å². The topological polar surface area (TPSA) is 70.2 Å². The lowest BCUT2D eigenvalue weighted by atomic mass is 10.2. The molecule has 1 amide bonds. The molecule has 1 aliphatic rings. The number of rotatable bonds is 5. The van der Waals surface area contributed by atoms with Crippen molar-refractivity contribution >= 4 is 44.8 Å². The van der Waals surface area contributed by atoms with Gasteiger partial charge in [-0.05, 0) is 68.3 Å². The number of nitrogens with zero attached hydrogens (tertiary/aromatic N) is 3. The van der Waals surface area contributed by atoms with Crippen molar-refractivity contribution in [3.05, 3.63) is 70.5 Å². The average molecular weight is 452 g/mol. The van der Waals surface area contributed by atoms with Gasteiger partial charge in [0.25, 0.3) is 5.91 Å². The van der Waals surface area contributed by atoms with Crippen molar-refractivity contribution in [3.8, 4) is 0 Å². The fourth-order valence-electron chi connectivity index (χ4n) is 3.31. The van der Waals surface area contributed by atoms with E-state index in [1.807, 2.05) is 49.4 Å². The number of carbonyl (C=O) groups is 1. The van der Waals surface area contributed by atoms with Crippen molar-refractivity contribution in [1.29, 1.82) is 0 Å². The van der Waals surface area contributed by atoms with E-state index in [4.69, 9.17) is 0 Å². The van der Waals surface area contributed by atoms with E-state index in [-0.39, 0.29) is 5.91 Å². The van der Waals surface area contributed by atoms with Crippen LogP contribution in [-0.4, -0.2) is 29.0 Å². The highest BCUT2D eigenvalue weighted by atomic mass is 79.9. The van der Waals surface area contributed by atoms with Crippen LogP contribution in [0.15, 0.2) is 59.1 Å². The number of aryl methyl sites for hydroxylation is 1. The highest BCUT2D eigenvalue weighted by molar-refractivity contribution is 9.10. The number of carbonyl (C=O) groups excluding carboxylic acids is 1. The van der Waals surface area contributed by atoms with Crippen LogP contribution in [0.4, 0.5) is 23.0 Å².